The lowest BCUT2D eigenvalue weighted by atomic mass is 9.93. The van der Waals surface area contributed by atoms with Gasteiger partial charge in [0.25, 0.3) is 0 Å². The fraction of sp³-hybridized carbons (Fsp3) is 1.00. The predicted octanol–water partition coefficient (Wildman–Crippen LogP) is 1.79. The van der Waals surface area contributed by atoms with E-state index in [1.807, 2.05) is 14.1 Å². The van der Waals surface area contributed by atoms with Gasteiger partial charge in [-0.05, 0) is 14.1 Å². The van der Waals surface area contributed by atoms with Gasteiger partial charge in [-0.15, -0.1) is 31.5 Å². The molecule has 0 aromatic rings. The number of hydrazine groups is 1. The molecule has 0 saturated carbocycles. The lowest BCUT2D eigenvalue weighted by Gasteiger charge is -2.30. The molecule has 0 aromatic carbocycles. The Balaban J connectivity index is 3.81. The van der Waals surface area contributed by atoms with Crippen LogP contribution in [0.4, 0.5) is 0 Å². The summed E-state index contributed by atoms with van der Waals surface area (Å²) in [4.78, 5) is 4.22. The summed E-state index contributed by atoms with van der Waals surface area (Å²) in [6.45, 7) is 4.18. The van der Waals surface area contributed by atoms with Crippen LogP contribution in [0.1, 0.15) is 0 Å². The molecule has 0 spiro atoms. The molecule has 2 nitrogen and oxygen atoms in total. The Kier molecular flexibility index (Phi) is 5.29. The van der Waals surface area contributed by atoms with Gasteiger partial charge in [0.15, 0.2) is 0 Å². The van der Waals surface area contributed by atoms with Crippen molar-refractivity contribution >= 4 is 42.9 Å². The van der Waals surface area contributed by atoms with E-state index < -0.39 is 0 Å². The smallest absolute Gasteiger partial charge is 0.281 e. The first kappa shape index (κ1) is 11.0. The van der Waals surface area contributed by atoms with Crippen molar-refractivity contribution in [3.63, 3.8) is 0 Å². The van der Waals surface area contributed by atoms with Crippen LogP contribution in [0.2, 0.25) is 13.6 Å². The summed E-state index contributed by atoms with van der Waals surface area (Å²) in [5, 5.41) is 0. The van der Waals surface area contributed by atoms with Crippen LogP contribution in [-0.2, 0) is 0 Å². The second-order valence-corrected chi connectivity index (χ2v) is 4.95. The Morgan fingerprint density at radius 2 is 1.10 bits per heavy atom. The Hall–Kier alpha value is 1.01. The molecule has 0 bridgehead atoms. The van der Waals surface area contributed by atoms with Crippen molar-refractivity contribution in [1.29, 1.82) is 0 Å². The Morgan fingerprint density at radius 3 is 1.20 bits per heavy atom. The molecule has 0 aliphatic carbocycles. The molecular formula is C4H12B2Br2N2. The number of nitrogens with zero attached hydrogens (tertiary/aromatic N) is 2. The Morgan fingerprint density at radius 1 is 0.900 bits per heavy atom. The highest BCUT2D eigenvalue weighted by Crippen LogP contribution is 2.06. The van der Waals surface area contributed by atoms with Gasteiger partial charge >= 0.3 is 11.3 Å². The van der Waals surface area contributed by atoms with Gasteiger partial charge < -0.3 is 0 Å². The third kappa shape index (κ3) is 3.42. The van der Waals surface area contributed by atoms with Crippen LogP contribution in [0.25, 0.3) is 0 Å². The normalized spacial score (nSPS) is 10.8. The monoisotopic (exact) mass is 268 g/mol. The Labute approximate surface area is 80.4 Å². The van der Waals surface area contributed by atoms with Gasteiger partial charge in [-0.3, -0.25) is 9.84 Å². The number of hydrogen-bond donors (Lipinski definition) is 0. The zero-order chi connectivity index (χ0) is 8.31. The molecule has 0 aromatic heterocycles. The standard InChI is InChI=1S/C4H12B2Br2N2/c1-5(7)9(3)10(4)6(2)8/h1-4H3. The third-order valence-corrected chi connectivity index (χ3v) is 2.71. The number of hydrogen-bond acceptors (Lipinski definition) is 2. The molecule has 10 heavy (non-hydrogen) atoms. The van der Waals surface area contributed by atoms with E-state index in [0.717, 1.165) is 0 Å². The van der Waals surface area contributed by atoms with E-state index in [9.17, 15) is 0 Å². The SMILES string of the molecule is CB(Br)N(C)N(C)B(C)Br. The fourth-order valence-electron chi connectivity index (χ4n) is 0.502. The van der Waals surface area contributed by atoms with Crippen molar-refractivity contribution in [3.8, 4) is 0 Å². The summed E-state index contributed by atoms with van der Waals surface area (Å²) in [5.41, 5.74) is 0.745. The predicted molar refractivity (Wildman–Crippen MR) is 56.6 cm³/mol. The summed E-state index contributed by atoms with van der Waals surface area (Å²) in [7, 11) is 4.08. The van der Waals surface area contributed by atoms with E-state index >= 15 is 0 Å². The van der Waals surface area contributed by atoms with Crippen LogP contribution >= 0.6 is 31.5 Å². The van der Waals surface area contributed by atoms with E-state index in [1.54, 1.807) is 0 Å². The van der Waals surface area contributed by atoms with E-state index in [0.29, 0.717) is 11.3 Å². The molecule has 0 aliphatic rings. The molecule has 58 valence electrons. The van der Waals surface area contributed by atoms with E-state index in [1.165, 1.54) is 0 Å². The molecule has 0 fully saturated rings. The van der Waals surface area contributed by atoms with Gasteiger partial charge in [0, 0.05) is 0 Å². The summed E-state index contributed by atoms with van der Waals surface area (Å²) >= 11 is 6.94. The molecule has 0 radical (unpaired) electrons. The maximum Gasteiger partial charge on any atom is 0.312 e. The number of halogens is 2. The molecule has 0 rings (SSSR count). The van der Waals surface area contributed by atoms with E-state index in [-0.39, 0.29) is 0 Å². The molecule has 6 heteroatoms. The minimum absolute atomic E-state index is 0.373. The summed E-state index contributed by atoms with van der Waals surface area (Å²) in [5.74, 6) is 0. The first-order chi connectivity index (χ1) is 4.46. The molecule has 0 aliphatic heterocycles. The first-order valence-corrected chi connectivity index (χ1v) is 5.03. The van der Waals surface area contributed by atoms with Crippen LogP contribution in [0.15, 0.2) is 0 Å². The largest absolute Gasteiger partial charge is 0.312 e. The molecule has 0 amide bonds. The Bertz CT molecular complexity index is 89.3. The van der Waals surface area contributed by atoms with E-state index in [2.05, 4.69) is 55.0 Å². The van der Waals surface area contributed by atoms with Gasteiger partial charge in [0.2, 0.25) is 0 Å². The van der Waals surface area contributed by atoms with Gasteiger partial charge in [-0.25, -0.2) is 0 Å². The van der Waals surface area contributed by atoms with Gasteiger partial charge in [0.1, 0.15) is 0 Å². The third-order valence-electron chi connectivity index (χ3n) is 1.53. The average molecular weight is 270 g/mol. The highest BCUT2D eigenvalue weighted by Gasteiger charge is 2.19. The van der Waals surface area contributed by atoms with Gasteiger partial charge in [0.05, 0.1) is 0 Å². The minimum atomic E-state index is 0.373. The highest BCUT2D eigenvalue weighted by atomic mass is 79.9. The maximum absolute atomic E-state index is 3.47. The molecule has 0 unspecified atom stereocenters. The topological polar surface area (TPSA) is 6.48 Å². The van der Waals surface area contributed by atoms with E-state index in [4.69, 9.17) is 0 Å². The second-order valence-electron chi connectivity index (χ2n) is 2.30. The number of rotatable bonds is 3. The molecular weight excluding hydrogens is 257 g/mol. The zero-order valence-electron chi connectivity index (χ0n) is 6.81. The summed E-state index contributed by atoms with van der Waals surface area (Å²) < 4.78 is 0. The van der Waals surface area contributed by atoms with Crippen LogP contribution < -0.4 is 0 Å². The van der Waals surface area contributed by atoms with Crippen LogP contribution in [0.3, 0.4) is 0 Å². The minimum Gasteiger partial charge on any atom is -0.281 e. The fourth-order valence-corrected chi connectivity index (χ4v) is 1.08. The first-order valence-electron chi connectivity index (χ1n) is 3.20. The van der Waals surface area contributed by atoms with Crippen molar-refractivity contribution < 1.29 is 0 Å². The van der Waals surface area contributed by atoms with Crippen LogP contribution in [0, 0.1) is 0 Å². The van der Waals surface area contributed by atoms with Crippen molar-refractivity contribution in [3.05, 3.63) is 0 Å². The summed E-state index contributed by atoms with van der Waals surface area (Å²) in [6.07, 6.45) is 0. The molecule has 0 atom stereocenters. The van der Waals surface area contributed by atoms with Gasteiger partial charge in [-0.1, -0.05) is 13.6 Å². The van der Waals surface area contributed by atoms with Crippen LogP contribution in [0.5, 0.6) is 0 Å². The van der Waals surface area contributed by atoms with Gasteiger partial charge in [-0.2, -0.15) is 0 Å². The lowest BCUT2D eigenvalue weighted by Crippen LogP contribution is -2.47. The maximum atomic E-state index is 3.47. The lowest BCUT2D eigenvalue weighted by molar-refractivity contribution is 0.241. The molecule has 0 saturated heterocycles. The quantitative estimate of drug-likeness (QED) is 0.569. The zero-order valence-corrected chi connectivity index (χ0v) is 9.98. The van der Waals surface area contributed by atoms with Crippen LogP contribution in [-0.4, -0.2) is 35.3 Å². The average Bonchev–Trinajstić information content (AvgIpc) is 1.84. The summed E-state index contributed by atoms with van der Waals surface area (Å²) in [6, 6.07) is 0. The second kappa shape index (κ2) is 4.80. The van der Waals surface area contributed by atoms with Crippen molar-refractivity contribution in [1.82, 2.24) is 9.84 Å². The van der Waals surface area contributed by atoms with Crippen molar-refractivity contribution in [2.24, 2.45) is 0 Å². The van der Waals surface area contributed by atoms with Crippen molar-refractivity contribution in [2.45, 2.75) is 13.6 Å². The highest BCUT2D eigenvalue weighted by molar-refractivity contribution is 9.24. The molecule has 0 N–H and O–H groups in total. The molecule has 0 heterocycles. The van der Waals surface area contributed by atoms with Crippen molar-refractivity contribution in [2.75, 3.05) is 14.1 Å².